The molecule has 80 valence electrons. The van der Waals surface area contributed by atoms with E-state index < -0.39 is 17.6 Å². The number of halogens is 1. The van der Waals surface area contributed by atoms with Crippen molar-refractivity contribution in [2.24, 2.45) is 0 Å². The molecule has 0 aliphatic heterocycles. The van der Waals surface area contributed by atoms with Crippen LogP contribution in [0.4, 0.5) is 4.39 Å². The number of hydrogen-bond acceptors (Lipinski definition) is 4. The maximum Gasteiger partial charge on any atom is 0.357 e. The summed E-state index contributed by atoms with van der Waals surface area (Å²) in [5.41, 5.74) is -0.669. The van der Waals surface area contributed by atoms with Crippen LogP contribution in [-0.2, 0) is 9.53 Å². The van der Waals surface area contributed by atoms with E-state index in [0.717, 1.165) is 0 Å². The summed E-state index contributed by atoms with van der Waals surface area (Å²) in [5, 5.41) is 7.42. The number of aromatic nitrogens is 1. The standard InChI is InChI=1S/C10H11FN2O2/c1-6(2)15-10(14)8(12)7-4-3-5-13-9(7)11/h3-6,12H,1-2H3. The molecule has 1 N–H and O–H groups in total. The lowest BCUT2D eigenvalue weighted by atomic mass is 10.2. The molecule has 4 nitrogen and oxygen atoms in total. The maximum atomic E-state index is 13.1. The highest BCUT2D eigenvalue weighted by Gasteiger charge is 2.18. The average molecular weight is 210 g/mol. The zero-order valence-corrected chi connectivity index (χ0v) is 8.45. The van der Waals surface area contributed by atoms with Crippen LogP contribution in [0, 0.1) is 11.4 Å². The number of ether oxygens (including phenoxy) is 1. The highest BCUT2D eigenvalue weighted by Crippen LogP contribution is 2.06. The monoisotopic (exact) mass is 210 g/mol. The second-order valence-corrected chi connectivity index (χ2v) is 3.17. The second-order valence-electron chi connectivity index (χ2n) is 3.17. The molecule has 0 spiro atoms. The molecule has 0 fully saturated rings. The second kappa shape index (κ2) is 4.63. The average Bonchev–Trinajstić information content (AvgIpc) is 2.16. The van der Waals surface area contributed by atoms with Crippen molar-refractivity contribution in [3.8, 4) is 0 Å². The Morgan fingerprint density at radius 2 is 2.27 bits per heavy atom. The van der Waals surface area contributed by atoms with Gasteiger partial charge in [-0.25, -0.2) is 9.78 Å². The van der Waals surface area contributed by atoms with Crippen LogP contribution >= 0.6 is 0 Å². The molecule has 0 atom stereocenters. The summed E-state index contributed by atoms with van der Waals surface area (Å²) in [6, 6.07) is 2.77. The summed E-state index contributed by atoms with van der Waals surface area (Å²) >= 11 is 0. The van der Waals surface area contributed by atoms with Crippen molar-refractivity contribution in [2.45, 2.75) is 20.0 Å². The minimum absolute atomic E-state index is 0.150. The molecule has 1 aromatic rings. The molecule has 0 saturated carbocycles. The van der Waals surface area contributed by atoms with Crippen LogP contribution in [-0.4, -0.2) is 22.8 Å². The molecule has 0 saturated heterocycles. The fraction of sp³-hybridized carbons (Fsp3) is 0.300. The van der Waals surface area contributed by atoms with E-state index in [2.05, 4.69) is 4.98 Å². The van der Waals surface area contributed by atoms with Crippen LogP contribution in [0.5, 0.6) is 0 Å². The summed E-state index contributed by atoms with van der Waals surface area (Å²) in [7, 11) is 0. The minimum atomic E-state index is -0.850. The van der Waals surface area contributed by atoms with Crippen molar-refractivity contribution in [3.63, 3.8) is 0 Å². The number of carbonyl (C=O) groups excluding carboxylic acids is 1. The zero-order valence-electron chi connectivity index (χ0n) is 8.45. The van der Waals surface area contributed by atoms with Gasteiger partial charge in [0.15, 0.2) is 5.71 Å². The number of esters is 1. The van der Waals surface area contributed by atoms with Gasteiger partial charge in [0, 0.05) is 6.20 Å². The molecule has 0 amide bonds. The number of hydrogen-bond donors (Lipinski definition) is 1. The molecule has 1 heterocycles. The van der Waals surface area contributed by atoms with E-state index in [0.29, 0.717) is 0 Å². The van der Waals surface area contributed by atoms with Crippen LogP contribution in [0.1, 0.15) is 19.4 Å². The van der Waals surface area contributed by atoms with Gasteiger partial charge in [-0.15, -0.1) is 0 Å². The highest BCUT2D eigenvalue weighted by molar-refractivity contribution is 6.41. The Morgan fingerprint density at radius 3 is 2.80 bits per heavy atom. The smallest absolute Gasteiger partial charge is 0.357 e. The quantitative estimate of drug-likeness (QED) is 0.467. The first kappa shape index (κ1) is 11.3. The Hall–Kier alpha value is -1.78. The molecule has 1 aromatic heterocycles. The van der Waals surface area contributed by atoms with Gasteiger partial charge in [0.1, 0.15) is 0 Å². The molecule has 0 radical (unpaired) electrons. The predicted molar refractivity (Wildman–Crippen MR) is 52.3 cm³/mol. The van der Waals surface area contributed by atoms with E-state index >= 15 is 0 Å². The number of nitrogens with one attached hydrogen (secondary N) is 1. The fourth-order valence-electron chi connectivity index (χ4n) is 0.955. The largest absolute Gasteiger partial charge is 0.458 e. The van der Waals surface area contributed by atoms with E-state index in [-0.39, 0.29) is 11.7 Å². The fourth-order valence-corrected chi connectivity index (χ4v) is 0.955. The molecule has 0 unspecified atom stereocenters. The van der Waals surface area contributed by atoms with Gasteiger partial charge in [-0.3, -0.25) is 5.41 Å². The van der Waals surface area contributed by atoms with E-state index in [1.165, 1.54) is 18.3 Å². The van der Waals surface area contributed by atoms with Gasteiger partial charge < -0.3 is 4.74 Å². The van der Waals surface area contributed by atoms with Crippen LogP contribution < -0.4 is 0 Å². The van der Waals surface area contributed by atoms with Crippen molar-refractivity contribution < 1.29 is 13.9 Å². The van der Waals surface area contributed by atoms with Crippen molar-refractivity contribution in [1.82, 2.24) is 4.98 Å². The molecule has 0 aliphatic carbocycles. The lowest BCUT2D eigenvalue weighted by Crippen LogP contribution is -2.22. The molecular weight excluding hydrogens is 199 g/mol. The Bertz CT molecular complexity index is 391. The summed E-state index contributed by atoms with van der Waals surface area (Å²) in [6.07, 6.45) is 0.914. The highest BCUT2D eigenvalue weighted by atomic mass is 19.1. The maximum absolute atomic E-state index is 13.1. The Morgan fingerprint density at radius 1 is 1.60 bits per heavy atom. The zero-order chi connectivity index (χ0) is 11.4. The Balaban J connectivity index is 2.86. The molecule has 0 aliphatic rings. The third-order valence-electron chi connectivity index (χ3n) is 1.58. The normalized spacial score (nSPS) is 10.1. The lowest BCUT2D eigenvalue weighted by Gasteiger charge is -2.08. The summed E-state index contributed by atoms with van der Waals surface area (Å²) in [6.45, 7) is 3.32. The molecule has 15 heavy (non-hydrogen) atoms. The van der Waals surface area contributed by atoms with Crippen molar-refractivity contribution >= 4 is 11.7 Å². The van der Waals surface area contributed by atoms with Crippen LogP contribution in [0.2, 0.25) is 0 Å². The van der Waals surface area contributed by atoms with Crippen LogP contribution in [0.25, 0.3) is 0 Å². The molecular formula is C10H11FN2O2. The first-order valence-corrected chi connectivity index (χ1v) is 4.42. The third-order valence-corrected chi connectivity index (χ3v) is 1.58. The van der Waals surface area contributed by atoms with Gasteiger partial charge in [-0.05, 0) is 26.0 Å². The number of rotatable bonds is 3. The number of carbonyl (C=O) groups is 1. The van der Waals surface area contributed by atoms with Gasteiger partial charge >= 0.3 is 5.97 Å². The number of nitrogens with zero attached hydrogens (tertiary/aromatic N) is 1. The van der Waals surface area contributed by atoms with E-state index in [9.17, 15) is 9.18 Å². The third kappa shape index (κ3) is 2.83. The summed E-state index contributed by atoms with van der Waals surface area (Å²) in [5.74, 6) is -1.69. The number of pyridine rings is 1. The summed E-state index contributed by atoms with van der Waals surface area (Å²) < 4.78 is 17.8. The van der Waals surface area contributed by atoms with Crippen LogP contribution in [0.15, 0.2) is 18.3 Å². The van der Waals surface area contributed by atoms with Gasteiger partial charge in [0.2, 0.25) is 5.95 Å². The molecule has 0 bridgehead atoms. The Kier molecular flexibility index (Phi) is 3.49. The van der Waals surface area contributed by atoms with Crippen molar-refractivity contribution in [2.75, 3.05) is 0 Å². The minimum Gasteiger partial charge on any atom is -0.458 e. The lowest BCUT2D eigenvalue weighted by molar-refractivity contribution is -0.139. The van der Waals surface area contributed by atoms with Gasteiger partial charge in [-0.2, -0.15) is 4.39 Å². The van der Waals surface area contributed by atoms with Gasteiger partial charge in [0.25, 0.3) is 0 Å². The first-order valence-electron chi connectivity index (χ1n) is 4.42. The van der Waals surface area contributed by atoms with Gasteiger partial charge in [0.05, 0.1) is 11.7 Å². The SMILES string of the molecule is CC(C)OC(=O)C(=N)c1cccnc1F. The topological polar surface area (TPSA) is 63.0 Å². The van der Waals surface area contributed by atoms with Crippen molar-refractivity contribution in [3.05, 3.63) is 29.8 Å². The van der Waals surface area contributed by atoms with Crippen LogP contribution in [0.3, 0.4) is 0 Å². The van der Waals surface area contributed by atoms with E-state index in [1.807, 2.05) is 0 Å². The molecule has 5 heteroatoms. The Labute approximate surface area is 86.6 Å². The van der Waals surface area contributed by atoms with E-state index in [1.54, 1.807) is 13.8 Å². The van der Waals surface area contributed by atoms with E-state index in [4.69, 9.17) is 10.1 Å². The van der Waals surface area contributed by atoms with Gasteiger partial charge in [-0.1, -0.05) is 0 Å². The summed E-state index contributed by atoms with van der Waals surface area (Å²) in [4.78, 5) is 14.6. The molecule has 1 rings (SSSR count). The first-order chi connectivity index (χ1) is 7.02. The van der Waals surface area contributed by atoms with Crippen molar-refractivity contribution in [1.29, 1.82) is 5.41 Å². The predicted octanol–water partition coefficient (Wildman–Crippen LogP) is 1.54. The molecule has 0 aromatic carbocycles.